The van der Waals surface area contributed by atoms with Crippen LogP contribution in [0.25, 0.3) is 0 Å². The van der Waals surface area contributed by atoms with Gasteiger partial charge < -0.3 is 4.74 Å². The minimum absolute atomic E-state index is 0.267. The van der Waals surface area contributed by atoms with Gasteiger partial charge in [-0.3, -0.25) is 0 Å². The summed E-state index contributed by atoms with van der Waals surface area (Å²) in [5.41, 5.74) is 1.000. The molecule has 1 aromatic heterocycles. The summed E-state index contributed by atoms with van der Waals surface area (Å²) in [5, 5.41) is 8.38. The van der Waals surface area contributed by atoms with Crippen LogP contribution in [0.3, 0.4) is 0 Å². The zero-order chi connectivity index (χ0) is 11.5. The second-order valence-corrected chi connectivity index (χ2v) is 5.79. The van der Waals surface area contributed by atoms with Crippen molar-refractivity contribution in [3.8, 4) is 0 Å². The van der Waals surface area contributed by atoms with E-state index in [4.69, 9.17) is 4.74 Å². The first kappa shape index (κ1) is 12.0. The first-order valence-corrected chi connectivity index (χ1v) is 6.71. The first-order valence-electron chi connectivity index (χ1n) is 5.79. The number of nitrogens with zero attached hydrogens (tertiary/aromatic N) is 3. The maximum Gasteiger partial charge on any atom is 0.0960 e. The quantitative estimate of drug-likeness (QED) is 0.803. The number of methoxy groups -OCH3 is 1. The third kappa shape index (κ3) is 2.63. The molecule has 0 aliphatic heterocycles. The van der Waals surface area contributed by atoms with Crippen molar-refractivity contribution in [1.82, 2.24) is 15.0 Å². The Hall–Kier alpha value is -0.420. The van der Waals surface area contributed by atoms with E-state index in [0.717, 1.165) is 12.1 Å². The van der Waals surface area contributed by atoms with E-state index in [1.54, 1.807) is 7.11 Å². The van der Waals surface area contributed by atoms with E-state index in [0.29, 0.717) is 12.1 Å². The van der Waals surface area contributed by atoms with Gasteiger partial charge in [-0.25, -0.2) is 4.68 Å². The fourth-order valence-corrected chi connectivity index (χ4v) is 2.44. The zero-order valence-corrected chi connectivity index (χ0v) is 11.4. The van der Waals surface area contributed by atoms with Crippen LogP contribution < -0.4 is 0 Å². The van der Waals surface area contributed by atoms with Gasteiger partial charge in [-0.15, -0.1) is 5.10 Å². The highest BCUT2D eigenvalue weighted by molar-refractivity contribution is 9.09. The molecule has 0 saturated heterocycles. The van der Waals surface area contributed by atoms with Crippen LogP contribution >= 0.6 is 15.9 Å². The standard InChI is InChI=1S/C11H18BrN3O/c1-8(12)11-7-15(14-13-11)9-4-3-5-10(6-9)16-2/h7-10H,3-6H2,1-2H3. The Morgan fingerprint density at radius 1 is 1.56 bits per heavy atom. The van der Waals surface area contributed by atoms with Gasteiger partial charge in [0.25, 0.3) is 0 Å². The molecule has 1 aliphatic rings. The summed E-state index contributed by atoms with van der Waals surface area (Å²) >= 11 is 3.50. The van der Waals surface area contributed by atoms with Gasteiger partial charge in [0.15, 0.2) is 0 Å². The Morgan fingerprint density at radius 2 is 2.38 bits per heavy atom. The van der Waals surface area contributed by atoms with Crippen LogP contribution in [0.4, 0.5) is 0 Å². The van der Waals surface area contributed by atoms with Gasteiger partial charge in [-0.1, -0.05) is 21.1 Å². The topological polar surface area (TPSA) is 39.9 Å². The lowest BCUT2D eigenvalue weighted by atomic mass is 9.93. The largest absolute Gasteiger partial charge is 0.381 e. The third-order valence-corrected chi connectivity index (χ3v) is 3.71. The molecule has 3 atom stereocenters. The zero-order valence-electron chi connectivity index (χ0n) is 9.77. The van der Waals surface area contributed by atoms with Gasteiger partial charge in [0.05, 0.1) is 22.7 Å². The lowest BCUT2D eigenvalue weighted by molar-refractivity contribution is 0.0504. The molecule has 0 aromatic carbocycles. The Labute approximate surface area is 104 Å². The van der Waals surface area contributed by atoms with Crippen LogP contribution in [0.2, 0.25) is 0 Å². The second-order valence-electron chi connectivity index (χ2n) is 4.42. The Bertz CT molecular complexity index is 340. The summed E-state index contributed by atoms with van der Waals surface area (Å²) in [4.78, 5) is 0.267. The summed E-state index contributed by atoms with van der Waals surface area (Å²) < 4.78 is 7.42. The van der Waals surface area contributed by atoms with E-state index in [-0.39, 0.29) is 4.83 Å². The molecular formula is C11H18BrN3O. The predicted molar refractivity (Wildman–Crippen MR) is 65.7 cm³/mol. The van der Waals surface area contributed by atoms with E-state index in [9.17, 15) is 0 Å². The lowest BCUT2D eigenvalue weighted by Crippen LogP contribution is -2.24. The van der Waals surface area contributed by atoms with E-state index < -0.39 is 0 Å². The molecule has 4 nitrogen and oxygen atoms in total. The summed E-state index contributed by atoms with van der Waals surface area (Å²) in [6.45, 7) is 2.06. The first-order chi connectivity index (χ1) is 7.70. The minimum atomic E-state index is 0.267. The summed E-state index contributed by atoms with van der Waals surface area (Å²) in [5.74, 6) is 0. The van der Waals surface area contributed by atoms with E-state index >= 15 is 0 Å². The Morgan fingerprint density at radius 3 is 3.00 bits per heavy atom. The average molecular weight is 288 g/mol. The molecule has 0 amide bonds. The maximum absolute atomic E-state index is 5.43. The number of hydrogen-bond acceptors (Lipinski definition) is 3. The average Bonchev–Trinajstić information content (AvgIpc) is 2.78. The highest BCUT2D eigenvalue weighted by Gasteiger charge is 2.24. The molecule has 5 heteroatoms. The molecule has 0 radical (unpaired) electrons. The van der Waals surface area contributed by atoms with Crippen LogP contribution in [-0.2, 0) is 4.74 Å². The highest BCUT2D eigenvalue weighted by Crippen LogP contribution is 2.30. The number of halogens is 1. The van der Waals surface area contributed by atoms with Crippen molar-refractivity contribution in [2.24, 2.45) is 0 Å². The molecule has 2 rings (SSSR count). The molecule has 1 heterocycles. The Balaban J connectivity index is 2.05. The summed E-state index contributed by atoms with van der Waals surface area (Å²) in [6, 6.07) is 0.450. The molecule has 1 aromatic rings. The van der Waals surface area contributed by atoms with E-state index in [1.165, 1.54) is 19.3 Å². The van der Waals surface area contributed by atoms with Crippen molar-refractivity contribution in [2.45, 2.75) is 49.6 Å². The minimum Gasteiger partial charge on any atom is -0.381 e. The molecule has 0 spiro atoms. The third-order valence-electron chi connectivity index (χ3n) is 3.24. The molecule has 16 heavy (non-hydrogen) atoms. The summed E-state index contributed by atoms with van der Waals surface area (Å²) in [7, 11) is 1.79. The van der Waals surface area contributed by atoms with Gasteiger partial charge in [-0.2, -0.15) is 0 Å². The fraction of sp³-hybridized carbons (Fsp3) is 0.818. The monoisotopic (exact) mass is 287 g/mol. The van der Waals surface area contributed by atoms with Crippen molar-refractivity contribution >= 4 is 15.9 Å². The molecule has 1 fully saturated rings. The van der Waals surface area contributed by atoms with Crippen LogP contribution in [0.5, 0.6) is 0 Å². The number of ether oxygens (including phenoxy) is 1. The molecule has 3 unspecified atom stereocenters. The predicted octanol–water partition coefficient (Wildman–Crippen LogP) is 2.86. The number of hydrogen-bond donors (Lipinski definition) is 0. The highest BCUT2D eigenvalue weighted by atomic mass is 79.9. The normalized spacial score (nSPS) is 27.9. The SMILES string of the molecule is COC1CCCC(n2cc(C(C)Br)nn2)C1. The fourth-order valence-electron chi connectivity index (χ4n) is 2.23. The second kappa shape index (κ2) is 5.27. The van der Waals surface area contributed by atoms with Crippen molar-refractivity contribution in [1.29, 1.82) is 0 Å². The molecular weight excluding hydrogens is 270 g/mol. The van der Waals surface area contributed by atoms with E-state index in [2.05, 4.69) is 33.2 Å². The van der Waals surface area contributed by atoms with E-state index in [1.807, 2.05) is 10.9 Å². The smallest absolute Gasteiger partial charge is 0.0960 e. The lowest BCUT2D eigenvalue weighted by Gasteiger charge is -2.27. The van der Waals surface area contributed by atoms with Crippen LogP contribution in [-0.4, -0.2) is 28.2 Å². The van der Waals surface area contributed by atoms with Gasteiger partial charge in [0.1, 0.15) is 0 Å². The van der Waals surface area contributed by atoms with Crippen molar-refractivity contribution in [3.63, 3.8) is 0 Å². The van der Waals surface area contributed by atoms with Gasteiger partial charge in [-0.05, 0) is 32.6 Å². The van der Waals surface area contributed by atoms with Crippen molar-refractivity contribution in [3.05, 3.63) is 11.9 Å². The molecule has 90 valence electrons. The number of aromatic nitrogens is 3. The molecule has 1 saturated carbocycles. The summed E-state index contributed by atoms with van der Waals surface area (Å²) in [6.07, 6.45) is 7.04. The number of rotatable bonds is 3. The van der Waals surface area contributed by atoms with Gasteiger partial charge >= 0.3 is 0 Å². The molecule has 0 bridgehead atoms. The number of alkyl halides is 1. The van der Waals surface area contributed by atoms with Crippen molar-refractivity contribution < 1.29 is 4.74 Å². The molecule has 0 N–H and O–H groups in total. The molecule has 1 aliphatic carbocycles. The Kier molecular flexibility index (Phi) is 3.97. The maximum atomic E-state index is 5.43. The van der Waals surface area contributed by atoms with Crippen molar-refractivity contribution in [2.75, 3.05) is 7.11 Å². The van der Waals surface area contributed by atoms with Crippen LogP contribution in [0, 0.1) is 0 Å². The van der Waals surface area contributed by atoms with Crippen LogP contribution in [0.15, 0.2) is 6.20 Å². The van der Waals surface area contributed by atoms with Crippen LogP contribution in [0.1, 0.15) is 49.2 Å². The van der Waals surface area contributed by atoms with Gasteiger partial charge in [0, 0.05) is 13.3 Å². The van der Waals surface area contributed by atoms with Gasteiger partial charge in [0.2, 0.25) is 0 Å².